The minimum atomic E-state index is -3.84. The molecule has 1 aliphatic heterocycles. The van der Waals surface area contributed by atoms with Crippen molar-refractivity contribution in [3.8, 4) is 0 Å². The van der Waals surface area contributed by atoms with E-state index in [1.807, 2.05) is 4.90 Å². The van der Waals surface area contributed by atoms with Gasteiger partial charge in [0.15, 0.2) is 0 Å². The van der Waals surface area contributed by atoms with Crippen LogP contribution in [-0.2, 0) is 38.8 Å². The Morgan fingerprint density at radius 1 is 0.634 bits per heavy atom. The van der Waals surface area contributed by atoms with Gasteiger partial charge in [-0.3, -0.25) is 43.3 Å². The van der Waals surface area contributed by atoms with Gasteiger partial charge in [0.05, 0.1) is 65.0 Å². The molecule has 1 aliphatic rings. The maximum atomic E-state index is 10.6. The number of hydrogen-bond acceptors (Lipinski definition) is 13. The number of nitrogens with zero attached hydrogens (tertiary/aromatic N) is 4. The lowest BCUT2D eigenvalue weighted by molar-refractivity contribution is -0.144. The average molecular weight is 619 g/mol. The summed E-state index contributed by atoms with van der Waals surface area (Å²) >= 11 is 0. The number of ether oxygens (including phenoxy) is 2. The first-order chi connectivity index (χ1) is 19.2. The summed E-state index contributed by atoms with van der Waals surface area (Å²) in [6.45, 7) is 3.67. The number of carbonyl (C=O) groups is 4. The van der Waals surface area contributed by atoms with Gasteiger partial charge in [0.25, 0.3) is 10.1 Å². The molecule has 41 heavy (non-hydrogen) atoms. The van der Waals surface area contributed by atoms with E-state index in [0.29, 0.717) is 13.1 Å². The molecule has 0 unspecified atom stereocenters. The quantitative estimate of drug-likeness (QED) is 0.0507. The third-order valence-electron chi connectivity index (χ3n) is 5.46. The van der Waals surface area contributed by atoms with Gasteiger partial charge in [-0.2, -0.15) is 8.42 Å². The molecule has 0 atom stereocenters. The molecule has 1 saturated heterocycles. The van der Waals surface area contributed by atoms with Crippen LogP contribution in [0.2, 0.25) is 0 Å². The Kier molecular flexibility index (Phi) is 20.8. The molecule has 0 amide bonds. The number of aliphatic hydroxyl groups is 1. The Labute approximate surface area is 238 Å². The van der Waals surface area contributed by atoms with E-state index in [-0.39, 0.29) is 51.9 Å². The molecule has 6 N–H and O–H groups in total. The van der Waals surface area contributed by atoms with E-state index in [4.69, 9.17) is 39.6 Å². The molecular weight excluding hydrogens is 576 g/mol. The molecule has 18 nitrogen and oxygen atoms in total. The molecule has 0 bridgehead atoms. The maximum absolute atomic E-state index is 10.6. The zero-order valence-corrected chi connectivity index (χ0v) is 23.7. The fourth-order valence-electron chi connectivity index (χ4n) is 3.52. The van der Waals surface area contributed by atoms with Crippen molar-refractivity contribution >= 4 is 34.0 Å². The first kappa shape index (κ1) is 38.5. The van der Waals surface area contributed by atoms with Gasteiger partial charge in [-0.25, -0.2) is 0 Å². The van der Waals surface area contributed by atoms with Gasteiger partial charge >= 0.3 is 23.9 Å². The summed E-state index contributed by atoms with van der Waals surface area (Å²) in [4.78, 5) is 49.0. The molecule has 1 rings (SSSR count). The summed E-state index contributed by atoms with van der Waals surface area (Å²) in [5.41, 5.74) is 0. The van der Waals surface area contributed by atoms with E-state index in [0.717, 1.165) is 26.2 Å². The fraction of sp³-hybridized carbons (Fsp3) is 0.818. The molecule has 0 aromatic rings. The fourth-order valence-corrected chi connectivity index (χ4v) is 4.01. The lowest BCUT2D eigenvalue weighted by Gasteiger charge is -2.33. The second-order valence-corrected chi connectivity index (χ2v) is 10.5. The number of carboxylic acids is 4. The van der Waals surface area contributed by atoms with Crippen LogP contribution in [0.1, 0.15) is 0 Å². The van der Waals surface area contributed by atoms with Crippen LogP contribution < -0.4 is 0 Å². The van der Waals surface area contributed by atoms with Crippen LogP contribution >= 0.6 is 0 Å². The molecule has 0 saturated carbocycles. The lowest BCUT2D eigenvalue weighted by Crippen LogP contribution is -2.48. The highest BCUT2D eigenvalue weighted by Crippen LogP contribution is 2.01. The zero-order valence-electron chi connectivity index (χ0n) is 22.9. The van der Waals surface area contributed by atoms with Crippen LogP contribution in [0.25, 0.3) is 0 Å². The van der Waals surface area contributed by atoms with Crippen molar-refractivity contribution in [3.63, 3.8) is 0 Å². The Morgan fingerprint density at radius 3 is 1.27 bits per heavy atom. The second kappa shape index (κ2) is 22.2. The second-order valence-electron chi connectivity index (χ2n) is 8.91. The van der Waals surface area contributed by atoms with Crippen molar-refractivity contribution in [2.75, 3.05) is 117 Å². The normalized spacial score (nSPS) is 14.5. The average Bonchev–Trinajstić information content (AvgIpc) is 2.83. The van der Waals surface area contributed by atoms with Crippen molar-refractivity contribution in [1.82, 2.24) is 19.6 Å². The number of piperazine rings is 1. The zero-order chi connectivity index (χ0) is 31.3. The van der Waals surface area contributed by atoms with Crippen LogP contribution in [0.3, 0.4) is 0 Å². The minimum absolute atomic E-state index is 0.119. The van der Waals surface area contributed by atoms with Crippen LogP contribution in [-0.4, -0.2) is 199 Å². The summed E-state index contributed by atoms with van der Waals surface area (Å²) in [5, 5.41) is 43.4. The van der Waals surface area contributed by atoms with E-state index in [9.17, 15) is 27.6 Å². The van der Waals surface area contributed by atoms with Crippen molar-refractivity contribution < 1.29 is 67.2 Å². The van der Waals surface area contributed by atoms with Gasteiger partial charge in [-0.1, -0.05) is 0 Å². The van der Waals surface area contributed by atoms with Crippen molar-refractivity contribution in [2.45, 2.75) is 0 Å². The first-order valence-electron chi connectivity index (χ1n) is 12.7. The number of carboxylic acid groups (broad SMARTS) is 4. The van der Waals surface area contributed by atoms with E-state index < -0.39 is 60.2 Å². The third kappa shape index (κ3) is 25.0. The standard InChI is InChI=1S/C14H24N2O10.C8H18N2O4S/c17-11(18)7-15(8-12(19)20)1-3-25-5-6-26-4-2-16(9-13(21)22)10-14(23)24;11-7-5-9-1-3-10(4-2-9)6-8-15(12,13)14/h1-10H2,(H,17,18)(H,19,20)(H,21,22)(H,23,24);11H,1-8H2,(H,12,13,14). The molecular formula is C22H42N4O14S. The molecule has 1 fully saturated rings. The van der Waals surface area contributed by atoms with E-state index in [2.05, 4.69) is 4.90 Å². The maximum Gasteiger partial charge on any atom is 0.317 e. The van der Waals surface area contributed by atoms with Gasteiger partial charge in [-0.05, 0) is 0 Å². The number of β-amino-alcohol motifs (C(OH)–C–C–N with tert-alkyl or cyclic N) is 1. The number of rotatable bonds is 22. The summed E-state index contributed by atoms with van der Waals surface area (Å²) in [5.74, 6) is -4.75. The van der Waals surface area contributed by atoms with E-state index in [1.54, 1.807) is 0 Å². The van der Waals surface area contributed by atoms with E-state index in [1.165, 1.54) is 9.80 Å². The molecule has 0 aromatic carbocycles. The number of hydrogen-bond donors (Lipinski definition) is 6. The molecule has 0 spiro atoms. The van der Waals surface area contributed by atoms with Crippen LogP contribution in [0.4, 0.5) is 0 Å². The van der Waals surface area contributed by atoms with Crippen molar-refractivity contribution in [2.24, 2.45) is 0 Å². The monoisotopic (exact) mass is 618 g/mol. The molecule has 0 radical (unpaired) electrons. The highest BCUT2D eigenvalue weighted by atomic mass is 32.2. The molecule has 19 heteroatoms. The Balaban J connectivity index is 0.000000897. The van der Waals surface area contributed by atoms with Gasteiger partial charge < -0.3 is 35.0 Å². The molecule has 240 valence electrons. The predicted molar refractivity (Wildman–Crippen MR) is 141 cm³/mol. The number of aliphatic hydroxyl groups excluding tert-OH is 1. The molecule has 0 aliphatic carbocycles. The van der Waals surface area contributed by atoms with Crippen LogP contribution in [0, 0.1) is 0 Å². The molecule has 0 aromatic heterocycles. The van der Waals surface area contributed by atoms with Crippen LogP contribution in [0.5, 0.6) is 0 Å². The largest absolute Gasteiger partial charge is 0.480 e. The SMILES string of the molecule is O=C(O)CN(CCOCCOCCN(CC(=O)O)CC(=O)O)CC(=O)O.O=S(=O)(O)CCN1CCN(CCO)CC1. The summed E-state index contributed by atoms with van der Waals surface area (Å²) in [7, 11) is -3.84. The Morgan fingerprint density at radius 2 is 0.976 bits per heavy atom. The topological polar surface area (TPSA) is 255 Å². The molecule has 1 heterocycles. The highest BCUT2D eigenvalue weighted by Gasteiger charge is 2.18. The number of aliphatic carboxylic acids is 4. The summed E-state index contributed by atoms with van der Waals surface area (Å²) in [6.07, 6.45) is 0. The lowest BCUT2D eigenvalue weighted by atomic mass is 10.3. The predicted octanol–water partition coefficient (Wildman–Crippen LogP) is -3.55. The van der Waals surface area contributed by atoms with E-state index >= 15 is 0 Å². The minimum Gasteiger partial charge on any atom is -0.480 e. The first-order valence-corrected chi connectivity index (χ1v) is 14.3. The third-order valence-corrected chi connectivity index (χ3v) is 6.16. The summed E-state index contributed by atoms with van der Waals surface area (Å²) in [6, 6.07) is 0. The highest BCUT2D eigenvalue weighted by molar-refractivity contribution is 7.85. The van der Waals surface area contributed by atoms with Gasteiger partial charge in [0.2, 0.25) is 0 Å². The Hall–Kier alpha value is -2.49. The van der Waals surface area contributed by atoms with Gasteiger partial charge in [0.1, 0.15) is 0 Å². The van der Waals surface area contributed by atoms with Gasteiger partial charge in [0, 0.05) is 52.4 Å². The van der Waals surface area contributed by atoms with Crippen molar-refractivity contribution in [3.05, 3.63) is 0 Å². The van der Waals surface area contributed by atoms with Crippen LogP contribution in [0.15, 0.2) is 0 Å². The summed E-state index contributed by atoms with van der Waals surface area (Å²) < 4.78 is 40.1. The smallest absolute Gasteiger partial charge is 0.317 e. The van der Waals surface area contributed by atoms with Gasteiger partial charge in [-0.15, -0.1) is 0 Å². The van der Waals surface area contributed by atoms with Crippen molar-refractivity contribution in [1.29, 1.82) is 0 Å². The Bertz CT molecular complexity index is 810.